The summed E-state index contributed by atoms with van der Waals surface area (Å²) in [6.45, 7) is 10.4. The van der Waals surface area contributed by atoms with E-state index in [2.05, 4.69) is 29.4 Å². The monoisotopic (exact) mass is 241 g/mol. The van der Waals surface area contributed by atoms with Gasteiger partial charge in [0.05, 0.1) is 0 Å². The SMILES string of the molecule is CCNCCC(=O)NCC1CCN(CC)CC1. The van der Waals surface area contributed by atoms with E-state index in [0.717, 1.165) is 26.2 Å². The molecule has 100 valence electrons. The molecule has 0 aromatic heterocycles. The fourth-order valence-corrected chi connectivity index (χ4v) is 2.23. The first-order valence-electron chi connectivity index (χ1n) is 6.96. The average molecular weight is 241 g/mol. The molecule has 0 bridgehead atoms. The van der Waals surface area contributed by atoms with Gasteiger partial charge in [-0.2, -0.15) is 0 Å². The molecule has 1 fully saturated rings. The summed E-state index contributed by atoms with van der Waals surface area (Å²) < 4.78 is 0. The van der Waals surface area contributed by atoms with Gasteiger partial charge in [0, 0.05) is 19.5 Å². The summed E-state index contributed by atoms with van der Waals surface area (Å²) in [7, 11) is 0. The summed E-state index contributed by atoms with van der Waals surface area (Å²) in [5, 5.41) is 6.21. The molecule has 0 aromatic carbocycles. The van der Waals surface area contributed by atoms with E-state index in [1.807, 2.05) is 0 Å². The summed E-state index contributed by atoms with van der Waals surface area (Å²) >= 11 is 0. The lowest BCUT2D eigenvalue weighted by Gasteiger charge is -2.31. The number of carbonyl (C=O) groups excluding carboxylic acids is 1. The van der Waals surface area contributed by atoms with Crippen LogP contribution in [-0.2, 0) is 4.79 Å². The second kappa shape index (κ2) is 8.48. The van der Waals surface area contributed by atoms with E-state index in [1.165, 1.54) is 25.9 Å². The van der Waals surface area contributed by atoms with Crippen molar-refractivity contribution in [3.8, 4) is 0 Å². The molecule has 0 radical (unpaired) electrons. The van der Waals surface area contributed by atoms with Gasteiger partial charge >= 0.3 is 0 Å². The number of amides is 1. The zero-order valence-corrected chi connectivity index (χ0v) is 11.3. The predicted molar refractivity (Wildman–Crippen MR) is 71.0 cm³/mol. The number of nitrogens with zero attached hydrogens (tertiary/aromatic N) is 1. The first-order chi connectivity index (χ1) is 8.26. The van der Waals surface area contributed by atoms with Gasteiger partial charge in [-0.05, 0) is 44.9 Å². The van der Waals surface area contributed by atoms with E-state index < -0.39 is 0 Å². The maximum absolute atomic E-state index is 11.5. The van der Waals surface area contributed by atoms with Gasteiger partial charge in [-0.3, -0.25) is 4.79 Å². The van der Waals surface area contributed by atoms with Crippen molar-refractivity contribution >= 4 is 5.91 Å². The highest BCUT2D eigenvalue weighted by Crippen LogP contribution is 2.15. The molecule has 1 rings (SSSR count). The van der Waals surface area contributed by atoms with Crippen molar-refractivity contribution in [2.24, 2.45) is 5.92 Å². The summed E-state index contributed by atoms with van der Waals surface area (Å²) in [6, 6.07) is 0. The largest absolute Gasteiger partial charge is 0.356 e. The second-order valence-corrected chi connectivity index (χ2v) is 4.79. The number of hydrogen-bond donors (Lipinski definition) is 2. The van der Waals surface area contributed by atoms with Crippen molar-refractivity contribution in [2.75, 3.05) is 39.3 Å². The molecular weight excluding hydrogens is 214 g/mol. The summed E-state index contributed by atoms with van der Waals surface area (Å²) in [6.07, 6.45) is 3.05. The lowest BCUT2D eigenvalue weighted by molar-refractivity contribution is -0.121. The minimum absolute atomic E-state index is 0.184. The highest BCUT2D eigenvalue weighted by molar-refractivity contribution is 5.76. The lowest BCUT2D eigenvalue weighted by Crippen LogP contribution is -2.38. The Kier molecular flexibility index (Phi) is 7.21. The van der Waals surface area contributed by atoms with Gasteiger partial charge in [-0.1, -0.05) is 13.8 Å². The maximum Gasteiger partial charge on any atom is 0.221 e. The van der Waals surface area contributed by atoms with Crippen molar-refractivity contribution in [3.63, 3.8) is 0 Å². The van der Waals surface area contributed by atoms with Crippen LogP contribution in [0.1, 0.15) is 33.1 Å². The van der Waals surface area contributed by atoms with Crippen LogP contribution in [0.3, 0.4) is 0 Å². The Hall–Kier alpha value is -0.610. The second-order valence-electron chi connectivity index (χ2n) is 4.79. The van der Waals surface area contributed by atoms with Crippen molar-refractivity contribution in [2.45, 2.75) is 33.1 Å². The Morgan fingerprint density at radius 1 is 1.29 bits per heavy atom. The van der Waals surface area contributed by atoms with Crippen LogP contribution in [0.15, 0.2) is 0 Å². The standard InChI is InChI=1S/C13H27N3O/c1-3-14-8-5-13(17)15-11-12-6-9-16(4-2)10-7-12/h12,14H,3-11H2,1-2H3,(H,15,17). The van der Waals surface area contributed by atoms with Crippen LogP contribution >= 0.6 is 0 Å². The van der Waals surface area contributed by atoms with Crippen LogP contribution in [0, 0.1) is 5.92 Å². The molecule has 1 aliphatic rings. The molecule has 1 aliphatic heterocycles. The van der Waals surface area contributed by atoms with Crippen LogP contribution in [0.2, 0.25) is 0 Å². The molecular formula is C13H27N3O. The lowest BCUT2D eigenvalue weighted by atomic mass is 9.97. The molecule has 1 heterocycles. The van der Waals surface area contributed by atoms with E-state index in [0.29, 0.717) is 12.3 Å². The molecule has 4 heteroatoms. The number of carbonyl (C=O) groups is 1. The first-order valence-corrected chi connectivity index (χ1v) is 6.96. The minimum Gasteiger partial charge on any atom is -0.356 e. The molecule has 0 aromatic rings. The van der Waals surface area contributed by atoms with Crippen molar-refractivity contribution < 1.29 is 4.79 Å². The fraction of sp³-hybridized carbons (Fsp3) is 0.923. The van der Waals surface area contributed by atoms with E-state index in [-0.39, 0.29) is 5.91 Å². The van der Waals surface area contributed by atoms with Gasteiger partial charge in [0.15, 0.2) is 0 Å². The van der Waals surface area contributed by atoms with Gasteiger partial charge in [-0.25, -0.2) is 0 Å². The maximum atomic E-state index is 11.5. The van der Waals surface area contributed by atoms with Crippen LogP contribution in [0.4, 0.5) is 0 Å². The highest BCUT2D eigenvalue weighted by Gasteiger charge is 2.18. The van der Waals surface area contributed by atoms with Crippen LogP contribution < -0.4 is 10.6 Å². The number of rotatable bonds is 7. The fourth-order valence-electron chi connectivity index (χ4n) is 2.23. The van der Waals surface area contributed by atoms with Crippen molar-refractivity contribution in [3.05, 3.63) is 0 Å². The van der Waals surface area contributed by atoms with Gasteiger partial charge < -0.3 is 15.5 Å². The quantitative estimate of drug-likeness (QED) is 0.649. The summed E-state index contributed by atoms with van der Waals surface area (Å²) in [4.78, 5) is 14.0. The number of piperidine rings is 1. The number of likely N-dealkylation sites (tertiary alicyclic amines) is 1. The van der Waals surface area contributed by atoms with Crippen LogP contribution in [0.5, 0.6) is 0 Å². The predicted octanol–water partition coefficient (Wildman–Crippen LogP) is 0.834. The third-order valence-electron chi connectivity index (χ3n) is 3.52. The van der Waals surface area contributed by atoms with Gasteiger partial charge in [0.2, 0.25) is 5.91 Å². The van der Waals surface area contributed by atoms with Crippen LogP contribution in [0.25, 0.3) is 0 Å². The van der Waals surface area contributed by atoms with Gasteiger partial charge in [-0.15, -0.1) is 0 Å². The molecule has 1 saturated heterocycles. The zero-order valence-electron chi connectivity index (χ0n) is 11.3. The normalized spacial score (nSPS) is 18.2. The Balaban J connectivity index is 2.04. The molecule has 0 saturated carbocycles. The Morgan fingerprint density at radius 3 is 2.59 bits per heavy atom. The van der Waals surface area contributed by atoms with E-state index >= 15 is 0 Å². The zero-order chi connectivity index (χ0) is 12.5. The van der Waals surface area contributed by atoms with Gasteiger partial charge in [0.25, 0.3) is 0 Å². The smallest absolute Gasteiger partial charge is 0.221 e. The highest BCUT2D eigenvalue weighted by atomic mass is 16.1. The number of hydrogen-bond acceptors (Lipinski definition) is 3. The van der Waals surface area contributed by atoms with Gasteiger partial charge in [0.1, 0.15) is 0 Å². The van der Waals surface area contributed by atoms with E-state index in [4.69, 9.17) is 0 Å². The summed E-state index contributed by atoms with van der Waals surface area (Å²) in [5.74, 6) is 0.866. The minimum atomic E-state index is 0.184. The molecule has 1 amide bonds. The van der Waals surface area contributed by atoms with Crippen molar-refractivity contribution in [1.29, 1.82) is 0 Å². The third kappa shape index (κ3) is 6.03. The summed E-state index contributed by atoms with van der Waals surface area (Å²) in [5.41, 5.74) is 0. The molecule has 0 spiro atoms. The molecule has 0 unspecified atom stereocenters. The van der Waals surface area contributed by atoms with Crippen LogP contribution in [-0.4, -0.2) is 50.1 Å². The molecule has 0 aliphatic carbocycles. The Labute approximate surface area is 105 Å². The van der Waals surface area contributed by atoms with E-state index in [1.54, 1.807) is 0 Å². The molecule has 2 N–H and O–H groups in total. The average Bonchev–Trinajstić information content (AvgIpc) is 2.37. The third-order valence-corrected chi connectivity index (χ3v) is 3.52. The Morgan fingerprint density at radius 2 is 2.00 bits per heavy atom. The molecule has 4 nitrogen and oxygen atoms in total. The topological polar surface area (TPSA) is 44.4 Å². The Bertz CT molecular complexity index is 213. The molecule has 0 atom stereocenters. The first kappa shape index (κ1) is 14.5. The number of nitrogens with one attached hydrogen (secondary N) is 2. The van der Waals surface area contributed by atoms with Crippen molar-refractivity contribution in [1.82, 2.24) is 15.5 Å². The molecule has 17 heavy (non-hydrogen) atoms. The van der Waals surface area contributed by atoms with E-state index in [9.17, 15) is 4.79 Å².